The number of aromatic hydroxyl groups is 2. The number of carbonyl (C=O) groups is 2. The number of benzene rings is 3. The largest absolute Gasteiger partial charge is 0.508 e. The lowest BCUT2D eigenvalue weighted by Crippen LogP contribution is -2.50. The van der Waals surface area contributed by atoms with Gasteiger partial charge in [0.05, 0.1) is 11.9 Å². The van der Waals surface area contributed by atoms with Crippen LogP contribution in [-0.2, 0) is 11.3 Å². The monoisotopic (exact) mass is 603 g/mol. The zero-order valence-electron chi connectivity index (χ0n) is 25.3. The molecule has 45 heavy (non-hydrogen) atoms. The zero-order valence-corrected chi connectivity index (χ0v) is 25.3. The van der Waals surface area contributed by atoms with E-state index in [4.69, 9.17) is 0 Å². The molecule has 3 N–H and O–H groups in total. The van der Waals surface area contributed by atoms with Gasteiger partial charge in [-0.05, 0) is 82.3 Å². The number of urea groups is 1. The number of piperazine rings is 1. The summed E-state index contributed by atoms with van der Waals surface area (Å²) in [5.74, 6) is 0.212. The second-order valence-corrected chi connectivity index (χ2v) is 11.4. The Morgan fingerprint density at radius 2 is 1.38 bits per heavy atom. The molecule has 230 valence electrons. The molecular weight excluding hydrogens is 566 g/mol. The van der Waals surface area contributed by atoms with Crippen LogP contribution in [-0.4, -0.2) is 64.8 Å². The van der Waals surface area contributed by atoms with Crippen molar-refractivity contribution in [3.05, 3.63) is 114 Å². The van der Waals surface area contributed by atoms with E-state index in [9.17, 15) is 19.8 Å². The fourth-order valence-electron chi connectivity index (χ4n) is 6.16. The van der Waals surface area contributed by atoms with Gasteiger partial charge in [-0.15, -0.1) is 0 Å². The number of hydrogen-bond acceptors (Lipinski definition) is 7. The maximum Gasteiger partial charge on any atom is 0.328 e. The summed E-state index contributed by atoms with van der Waals surface area (Å²) in [4.78, 5) is 34.7. The Labute approximate surface area is 263 Å². The molecule has 4 aromatic rings. The average molecular weight is 604 g/mol. The van der Waals surface area contributed by atoms with Crippen molar-refractivity contribution in [3.63, 3.8) is 0 Å². The Balaban J connectivity index is 1.18. The summed E-state index contributed by atoms with van der Waals surface area (Å²) in [6, 6.07) is 24.9. The zero-order chi connectivity index (χ0) is 31.3. The van der Waals surface area contributed by atoms with E-state index in [2.05, 4.69) is 51.3 Å². The van der Waals surface area contributed by atoms with Crippen molar-refractivity contribution in [3.8, 4) is 11.5 Å². The Morgan fingerprint density at radius 3 is 1.98 bits per heavy atom. The summed E-state index contributed by atoms with van der Waals surface area (Å²) in [5.41, 5.74) is 8.32. The molecule has 2 fully saturated rings. The van der Waals surface area contributed by atoms with Gasteiger partial charge in [-0.25, -0.2) is 4.79 Å². The van der Waals surface area contributed by atoms with Crippen LogP contribution in [0.5, 0.6) is 11.5 Å². The number of nitrogens with one attached hydrogen (secondary N) is 1. The number of aromatic nitrogens is 1. The highest BCUT2D eigenvalue weighted by Gasteiger charge is 2.27. The topological polar surface area (TPSA) is 109 Å². The van der Waals surface area contributed by atoms with Gasteiger partial charge < -0.3 is 15.1 Å². The first-order chi connectivity index (χ1) is 21.9. The third-order valence-electron chi connectivity index (χ3n) is 8.55. The van der Waals surface area contributed by atoms with E-state index < -0.39 is 6.03 Å². The van der Waals surface area contributed by atoms with Gasteiger partial charge in [-0.3, -0.25) is 24.9 Å². The van der Waals surface area contributed by atoms with Crippen LogP contribution in [0.15, 0.2) is 91.3 Å². The fraction of sp³-hybridized carbons (Fsp3) is 0.250. The lowest BCUT2D eigenvalue weighted by atomic mass is 9.88. The molecule has 0 unspecified atom stereocenters. The van der Waals surface area contributed by atoms with Crippen molar-refractivity contribution >= 4 is 34.5 Å². The maximum absolute atomic E-state index is 12.5. The standard InChI is InChI=1S/C36H37N5O4/c1-2-32(25-5-11-30(42)12-6-25)35(27-7-13-31(43)14-8-27)26-3-9-29(10-4-26)40-21-19-39(20-22-40)24-28-15-17-37-23-33(28)41-18-16-34(44)38-36(41)45/h3-15,17,23,42-43H,2,16,18-22,24H2,1H3,(H,38,44,45). The Hall–Kier alpha value is -5.15. The van der Waals surface area contributed by atoms with Gasteiger partial charge in [0.25, 0.3) is 0 Å². The molecule has 6 rings (SSSR count). The Bertz CT molecular complexity index is 1690. The molecule has 0 spiro atoms. The SMILES string of the molecule is CCC(=C(c1ccc(O)cc1)c1ccc(N2CCN(Cc3ccncc3N3CCC(=O)NC3=O)CC2)cc1)c1ccc(O)cc1. The van der Waals surface area contributed by atoms with Crippen LogP contribution < -0.4 is 15.1 Å². The van der Waals surface area contributed by atoms with E-state index in [0.717, 1.165) is 77.4 Å². The minimum absolute atomic E-state index is 0.226. The number of rotatable bonds is 8. The first-order valence-electron chi connectivity index (χ1n) is 15.3. The number of hydrogen-bond donors (Lipinski definition) is 3. The molecule has 3 aromatic carbocycles. The molecule has 0 saturated carbocycles. The van der Waals surface area contributed by atoms with E-state index in [1.54, 1.807) is 41.6 Å². The predicted octanol–water partition coefficient (Wildman–Crippen LogP) is 5.63. The quantitative estimate of drug-likeness (QED) is 0.224. The highest BCUT2D eigenvalue weighted by Crippen LogP contribution is 2.36. The molecule has 0 bridgehead atoms. The second-order valence-electron chi connectivity index (χ2n) is 11.4. The number of phenolic OH excluding ortho intramolecular Hbond substituents is 2. The molecule has 2 saturated heterocycles. The van der Waals surface area contributed by atoms with Gasteiger partial charge >= 0.3 is 6.03 Å². The molecule has 0 atom stereocenters. The Kier molecular flexibility index (Phi) is 8.79. The smallest absolute Gasteiger partial charge is 0.328 e. The maximum atomic E-state index is 12.5. The van der Waals surface area contributed by atoms with E-state index in [0.29, 0.717) is 13.1 Å². The van der Waals surface area contributed by atoms with Crippen molar-refractivity contribution in [2.24, 2.45) is 0 Å². The third-order valence-corrected chi connectivity index (χ3v) is 8.55. The van der Waals surface area contributed by atoms with Gasteiger partial charge in [-0.1, -0.05) is 43.3 Å². The third kappa shape index (κ3) is 6.68. The minimum atomic E-state index is -0.397. The summed E-state index contributed by atoms with van der Waals surface area (Å²) in [6.45, 7) is 6.65. The lowest BCUT2D eigenvalue weighted by molar-refractivity contribution is -0.120. The molecule has 9 heteroatoms. The van der Waals surface area contributed by atoms with Crippen LogP contribution in [0, 0.1) is 0 Å². The summed E-state index contributed by atoms with van der Waals surface area (Å²) in [6.07, 6.45) is 4.52. The molecule has 3 heterocycles. The van der Waals surface area contributed by atoms with Crippen LogP contribution >= 0.6 is 0 Å². The number of phenols is 2. The molecule has 3 amide bonds. The van der Waals surface area contributed by atoms with Gasteiger partial charge in [0, 0.05) is 57.6 Å². The van der Waals surface area contributed by atoms with E-state index in [-0.39, 0.29) is 23.8 Å². The van der Waals surface area contributed by atoms with Crippen LogP contribution in [0.1, 0.15) is 42.0 Å². The first kappa shape index (κ1) is 29.9. The number of allylic oxidation sites excluding steroid dienone is 1. The molecule has 0 radical (unpaired) electrons. The number of carbonyl (C=O) groups excluding carboxylic acids is 2. The molecule has 2 aliphatic rings. The molecule has 0 aliphatic carbocycles. The molecule has 1 aromatic heterocycles. The molecule has 9 nitrogen and oxygen atoms in total. The summed E-state index contributed by atoms with van der Waals surface area (Å²) >= 11 is 0. The van der Waals surface area contributed by atoms with Crippen molar-refractivity contribution in [2.75, 3.05) is 42.5 Å². The van der Waals surface area contributed by atoms with Crippen molar-refractivity contribution in [2.45, 2.75) is 26.3 Å². The van der Waals surface area contributed by atoms with E-state index in [1.807, 2.05) is 30.3 Å². The minimum Gasteiger partial charge on any atom is -0.508 e. The van der Waals surface area contributed by atoms with Crippen LogP contribution in [0.25, 0.3) is 11.1 Å². The molecule has 2 aliphatic heterocycles. The number of imide groups is 1. The van der Waals surface area contributed by atoms with Crippen molar-refractivity contribution in [1.82, 2.24) is 15.2 Å². The van der Waals surface area contributed by atoms with Crippen molar-refractivity contribution < 1.29 is 19.8 Å². The number of anilines is 2. The van der Waals surface area contributed by atoms with Crippen LogP contribution in [0.3, 0.4) is 0 Å². The average Bonchev–Trinajstić information content (AvgIpc) is 3.06. The highest BCUT2D eigenvalue weighted by molar-refractivity contribution is 6.05. The summed E-state index contributed by atoms with van der Waals surface area (Å²) in [5, 5.41) is 22.2. The van der Waals surface area contributed by atoms with Crippen LogP contribution in [0.2, 0.25) is 0 Å². The number of amides is 3. The Morgan fingerprint density at radius 1 is 0.778 bits per heavy atom. The van der Waals surface area contributed by atoms with E-state index >= 15 is 0 Å². The predicted molar refractivity (Wildman–Crippen MR) is 176 cm³/mol. The van der Waals surface area contributed by atoms with Gasteiger partial charge in [0.1, 0.15) is 11.5 Å². The number of pyridine rings is 1. The van der Waals surface area contributed by atoms with Gasteiger partial charge in [-0.2, -0.15) is 0 Å². The van der Waals surface area contributed by atoms with Gasteiger partial charge in [0.2, 0.25) is 5.91 Å². The summed E-state index contributed by atoms with van der Waals surface area (Å²) < 4.78 is 0. The summed E-state index contributed by atoms with van der Waals surface area (Å²) in [7, 11) is 0. The van der Waals surface area contributed by atoms with Crippen molar-refractivity contribution in [1.29, 1.82) is 0 Å². The highest BCUT2D eigenvalue weighted by atomic mass is 16.3. The fourth-order valence-corrected chi connectivity index (χ4v) is 6.16. The van der Waals surface area contributed by atoms with E-state index in [1.165, 1.54) is 0 Å². The first-order valence-corrected chi connectivity index (χ1v) is 15.3. The molecular formula is C36H37N5O4. The van der Waals surface area contributed by atoms with Crippen LogP contribution in [0.4, 0.5) is 16.2 Å². The second kappa shape index (κ2) is 13.2. The normalized spacial score (nSPS) is 16.4. The lowest BCUT2D eigenvalue weighted by Gasteiger charge is -2.37. The van der Waals surface area contributed by atoms with Gasteiger partial charge in [0.15, 0.2) is 0 Å². The number of nitrogens with zero attached hydrogens (tertiary/aromatic N) is 4.